The van der Waals surface area contributed by atoms with E-state index in [1.807, 2.05) is 0 Å². The van der Waals surface area contributed by atoms with Crippen LogP contribution in [0.2, 0.25) is 0 Å². The van der Waals surface area contributed by atoms with Crippen LogP contribution < -0.4 is 10.6 Å². The second-order valence-electron chi connectivity index (χ2n) is 12.4. The zero-order valence-corrected chi connectivity index (χ0v) is 28.3. The largest absolute Gasteiger partial charge is 0.354 e. The summed E-state index contributed by atoms with van der Waals surface area (Å²) in [6.45, 7) is 5.59. The number of hydrogen-bond acceptors (Lipinski definition) is 2. The average Bonchev–Trinajstić information content (AvgIpc) is 2.99. The highest BCUT2D eigenvalue weighted by atomic mass is 16.2. The van der Waals surface area contributed by atoms with Gasteiger partial charge in [0.25, 0.3) is 0 Å². The van der Waals surface area contributed by atoms with Crippen molar-refractivity contribution in [3.05, 3.63) is 24.3 Å². The van der Waals surface area contributed by atoms with E-state index in [2.05, 4.69) is 48.8 Å². The van der Waals surface area contributed by atoms with E-state index in [0.29, 0.717) is 25.9 Å². The molecule has 0 saturated carbocycles. The van der Waals surface area contributed by atoms with Crippen LogP contribution in [0.25, 0.3) is 0 Å². The van der Waals surface area contributed by atoms with Gasteiger partial charge in [-0.05, 0) is 64.2 Å². The molecule has 0 fully saturated rings. The normalized spacial score (nSPS) is 11.6. The van der Waals surface area contributed by atoms with Gasteiger partial charge in [-0.1, -0.05) is 141 Å². The van der Waals surface area contributed by atoms with Crippen LogP contribution in [0, 0.1) is 0 Å². The molecule has 0 radical (unpaired) electrons. The van der Waals surface area contributed by atoms with Crippen LogP contribution in [-0.2, 0) is 9.59 Å². The van der Waals surface area contributed by atoms with Crippen LogP contribution in [0.1, 0.15) is 194 Å². The summed E-state index contributed by atoms with van der Waals surface area (Å²) in [5, 5.41) is 5.89. The van der Waals surface area contributed by atoms with Crippen molar-refractivity contribution in [1.82, 2.24) is 10.6 Å². The summed E-state index contributed by atoms with van der Waals surface area (Å²) in [7, 11) is 0. The molecule has 0 saturated heterocycles. The Hall–Kier alpha value is -1.58. The Bertz CT molecular complexity index is 575. The van der Waals surface area contributed by atoms with Gasteiger partial charge in [0.05, 0.1) is 0 Å². The van der Waals surface area contributed by atoms with E-state index < -0.39 is 0 Å². The van der Waals surface area contributed by atoms with Crippen molar-refractivity contribution in [2.75, 3.05) is 13.1 Å². The van der Waals surface area contributed by atoms with Crippen molar-refractivity contribution in [2.24, 2.45) is 0 Å². The van der Waals surface area contributed by atoms with Gasteiger partial charge >= 0.3 is 0 Å². The van der Waals surface area contributed by atoms with E-state index in [1.54, 1.807) is 0 Å². The molecule has 0 unspecified atom stereocenters. The molecule has 0 aromatic rings. The van der Waals surface area contributed by atoms with Gasteiger partial charge in [0, 0.05) is 25.9 Å². The lowest BCUT2D eigenvalue weighted by molar-refractivity contribution is -0.123. The Balaban J connectivity index is 3.32. The van der Waals surface area contributed by atoms with Crippen LogP contribution in [0.4, 0.5) is 0 Å². The highest BCUT2D eigenvalue weighted by Crippen LogP contribution is 2.12. The summed E-state index contributed by atoms with van der Waals surface area (Å²) in [4.78, 5) is 24.0. The molecule has 0 aliphatic rings. The van der Waals surface area contributed by atoms with Crippen LogP contribution >= 0.6 is 0 Å². The van der Waals surface area contributed by atoms with Crippen LogP contribution in [-0.4, -0.2) is 24.9 Å². The molecule has 0 aromatic carbocycles. The first kappa shape index (κ1) is 40.4. The third-order valence-corrected chi connectivity index (χ3v) is 8.10. The number of hydrogen-bond donors (Lipinski definition) is 2. The summed E-state index contributed by atoms with van der Waals surface area (Å²) >= 11 is 0. The molecule has 0 aromatic heterocycles. The lowest BCUT2D eigenvalue weighted by atomic mass is 10.1. The molecule has 4 heteroatoms. The molecule has 42 heavy (non-hydrogen) atoms. The molecule has 0 bridgehead atoms. The number of rotatable bonds is 33. The monoisotopic (exact) mass is 589 g/mol. The van der Waals surface area contributed by atoms with Crippen molar-refractivity contribution in [3.8, 4) is 0 Å². The summed E-state index contributed by atoms with van der Waals surface area (Å²) in [6, 6.07) is 0. The fourth-order valence-corrected chi connectivity index (χ4v) is 5.29. The minimum atomic E-state index is 0.115. The number of carbonyl (C=O) groups excluding carboxylic acids is 2. The smallest absolute Gasteiger partial charge is 0.220 e. The van der Waals surface area contributed by atoms with Gasteiger partial charge in [-0.15, -0.1) is 0 Å². The van der Waals surface area contributed by atoms with E-state index in [-0.39, 0.29) is 11.8 Å². The van der Waals surface area contributed by atoms with Gasteiger partial charge in [0.1, 0.15) is 0 Å². The predicted molar refractivity (Wildman–Crippen MR) is 185 cm³/mol. The Morgan fingerprint density at radius 1 is 0.381 bits per heavy atom. The minimum absolute atomic E-state index is 0.115. The van der Waals surface area contributed by atoms with E-state index in [0.717, 1.165) is 25.7 Å². The summed E-state index contributed by atoms with van der Waals surface area (Å²) < 4.78 is 0. The number of unbranched alkanes of at least 4 members (excludes halogenated alkanes) is 22. The lowest BCUT2D eigenvalue weighted by Crippen LogP contribution is -2.34. The highest BCUT2D eigenvalue weighted by molar-refractivity contribution is 5.77. The zero-order valence-electron chi connectivity index (χ0n) is 28.3. The van der Waals surface area contributed by atoms with Crippen LogP contribution in [0.5, 0.6) is 0 Å². The predicted octanol–water partition coefficient (Wildman–Crippen LogP) is 11.3. The molecule has 2 N–H and O–H groups in total. The molecule has 2 amide bonds. The first-order chi connectivity index (χ1) is 20.7. The minimum Gasteiger partial charge on any atom is -0.354 e. The standard InChI is InChI=1S/C38H72N2O2/c1-3-5-7-9-11-13-15-17-19-21-23-25-27-29-31-33-37(41)39-35-36-40-38(42)34-32-30-28-26-24-22-20-18-16-14-12-10-8-6-4-2/h13-16H,3-12,17-36H2,1-2H3,(H,39,41)(H,40,42). The Labute approximate surface area is 262 Å². The maximum absolute atomic E-state index is 12.0. The van der Waals surface area contributed by atoms with Crippen molar-refractivity contribution in [3.63, 3.8) is 0 Å². The van der Waals surface area contributed by atoms with Gasteiger partial charge in [0.2, 0.25) is 11.8 Å². The molecule has 4 nitrogen and oxygen atoms in total. The first-order valence-electron chi connectivity index (χ1n) is 18.5. The molecular formula is C38H72N2O2. The molecule has 246 valence electrons. The molecular weight excluding hydrogens is 516 g/mol. The molecule has 0 atom stereocenters. The summed E-state index contributed by atoms with van der Waals surface area (Å²) in [5.41, 5.74) is 0. The highest BCUT2D eigenvalue weighted by Gasteiger charge is 2.03. The van der Waals surface area contributed by atoms with Crippen molar-refractivity contribution in [1.29, 1.82) is 0 Å². The number of carbonyl (C=O) groups is 2. The van der Waals surface area contributed by atoms with Crippen LogP contribution in [0.3, 0.4) is 0 Å². The van der Waals surface area contributed by atoms with E-state index in [9.17, 15) is 9.59 Å². The SMILES string of the molecule is CCCCCCC=CCCCCCCCCCC(=O)NCCNC(=O)CCCCCCCCCC=CCCCCCC. The Morgan fingerprint density at radius 2 is 0.643 bits per heavy atom. The Kier molecular flexibility index (Phi) is 34.3. The first-order valence-corrected chi connectivity index (χ1v) is 18.5. The number of allylic oxidation sites excluding steroid dienone is 4. The van der Waals surface area contributed by atoms with Crippen LogP contribution in [0.15, 0.2) is 24.3 Å². The van der Waals surface area contributed by atoms with Gasteiger partial charge in [0.15, 0.2) is 0 Å². The number of nitrogens with one attached hydrogen (secondary N) is 2. The second kappa shape index (κ2) is 35.6. The molecule has 0 aliphatic carbocycles. The average molecular weight is 589 g/mol. The molecule has 0 aliphatic heterocycles. The number of amides is 2. The molecule has 0 spiro atoms. The van der Waals surface area contributed by atoms with Gasteiger partial charge in [-0.2, -0.15) is 0 Å². The third kappa shape index (κ3) is 34.6. The topological polar surface area (TPSA) is 58.2 Å². The van der Waals surface area contributed by atoms with E-state index in [4.69, 9.17) is 0 Å². The van der Waals surface area contributed by atoms with E-state index in [1.165, 1.54) is 141 Å². The van der Waals surface area contributed by atoms with Crippen molar-refractivity contribution >= 4 is 11.8 Å². The lowest BCUT2D eigenvalue weighted by Gasteiger charge is -2.07. The van der Waals surface area contributed by atoms with Gasteiger partial charge in [-0.25, -0.2) is 0 Å². The summed E-state index contributed by atoms with van der Waals surface area (Å²) in [6.07, 6.45) is 43.6. The van der Waals surface area contributed by atoms with Crippen molar-refractivity contribution in [2.45, 2.75) is 194 Å². The second-order valence-corrected chi connectivity index (χ2v) is 12.4. The maximum Gasteiger partial charge on any atom is 0.220 e. The Morgan fingerprint density at radius 3 is 0.952 bits per heavy atom. The van der Waals surface area contributed by atoms with E-state index >= 15 is 0 Å². The van der Waals surface area contributed by atoms with Gasteiger partial charge < -0.3 is 10.6 Å². The van der Waals surface area contributed by atoms with Crippen molar-refractivity contribution < 1.29 is 9.59 Å². The fourth-order valence-electron chi connectivity index (χ4n) is 5.29. The molecule has 0 rings (SSSR count). The van der Waals surface area contributed by atoms with Gasteiger partial charge in [-0.3, -0.25) is 9.59 Å². The zero-order chi connectivity index (χ0) is 30.6. The fraction of sp³-hybridized carbons (Fsp3) is 0.842. The summed E-state index contributed by atoms with van der Waals surface area (Å²) in [5.74, 6) is 0.230. The quantitative estimate of drug-likeness (QED) is 0.0591. The molecule has 0 heterocycles. The third-order valence-electron chi connectivity index (χ3n) is 8.10. The maximum atomic E-state index is 12.0.